The van der Waals surface area contributed by atoms with Crippen LogP contribution in [-0.2, 0) is 15.1 Å². The summed E-state index contributed by atoms with van der Waals surface area (Å²) >= 11 is 0. The fourth-order valence-electron chi connectivity index (χ4n) is 4.35. The summed E-state index contributed by atoms with van der Waals surface area (Å²) in [7, 11) is 0. The second-order valence-corrected chi connectivity index (χ2v) is 8.01. The van der Waals surface area contributed by atoms with Crippen molar-refractivity contribution in [2.75, 3.05) is 13.1 Å². The lowest BCUT2D eigenvalue weighted by Crippen LogP contribution is -2.46. The molecule has 1 saturated heterocycles. The van der Waals surface area contributed by atoms with Crippen LogP contribution in [0.2, 0.25) is 0 Å². The number of nitrogens with one attached hydrogen (secondary N) is 2. The van der Waals surface area contributed by atoms with Crippen LogP contribution in [0.25, 0.3) is 0 Å². The highest BCUT2D eigenvalue weighted by Crippen LogP contribution is 2.35. The molecule has 1 heterocycles. The van der Waals surface area contributed by atoms with Crippen LogP contribution in [0.15, 0.2) is 72.3 Å². The number of benzene rings is 2. The van der Waals surface area contributed by atoms with Crippen LogP contribution in [-0.4, -0.2) is 35.8 Å². The van der Waals surface area contributed by atoms with Gasteiger partial charge in [0.2, 0.25) is 5.91 Å². The fourth-order valence-corrected chi connectivity index (χ4v) is 4.35. The van der Waals surface area contributed by atoms with E-state index in [2.05, 4.69) is 16.7 Å². The van der Waals surface area contributed by atoms with E-state index in [0.29, 0.717) is 17.7 Å². The molecule has 31 heavy (non-hydrogen) atoms. The molecular weight excluding hydrogens is 390 g/mol. The first-order valence-corrected chi connectivity index (χ1v) is 10.8. The maximum absolute atomic E-state index is 13.5. The number of hydrogen-bond donors (Lipinski definition) is 2. The molecule has 2 aromatic rings. The van der Waals surface area contributed by atoms with Crippen molar-refractivity contribution < 1.29 is 14.4 Å². The van der Waals surface area contributed by atoms with E-state index in [1.807, 2.05) is 60.7 Å². The van der Waals surface area contributed by atoms with Gasteiger partial charge in [-0.05, 0) is 43.2 Å². The van der Waals surface area contributed by atoms with E-state index in [9.17, 15) is 14.4 Å². The SMILES string of the molecule is O=C(CN1C(=O)NC(c2ccccc2)(c2ccccc2)C1=O)NCCC1=CCCCC1. The predicted molar refractivity (Wildman–Crippen MR) is 118 cm³/mol. The van der Waals surface area contributed by atoms with Crippen LogP contribution in [0.1, 0.15) is 43.2 Å². The molecule has 2 aliphatic rings. The van der Waals surface area contributed by atoms with Crippen molar-refractivity contribution in [3.63, 3.8) is 0 Å². The third-order valence-electron chi connectivity index (χ3n) is 5.97. The molecule has 0 saturated carbocycles. The molecule has 2 N–H and O–H groups in total. The number of amides is 4. The van der Waals surface area contributed by atoms with Crippen molar-refractivity contribution in [2.45, 2.75) is 37.6 Å². The van der Waals surface area contributed by atoms with Crippen molar-refractivity contribution in [1.82, 2.24) is 15.5 Å². The lowest BCUT2D eigenvalue weighted by Gasteiger charge is -2.28. The molecule has 0 bridgehead atoms. The van der Waals surface area contributed by atoms with Gasteiger partial charge in [0, 0.05) is 6.54 Å². The summed E-state index contributed by atoms with van der Waals surface area (Å²) in [5, 5.41) is 5.71. The molecule has 0 radical (unpaired) electrons. The first kappa shape index (κ1) is 20.8. The summed E-state index contributed by atoms with van der Waals surface area (Å²) in [5.74, 6) is -0.781. The van der Waals surface area contributed by atoms with E-state index in [1.165, 1.54) is 18.4 Å². The Morgan fingerprint density at radius 3 is 2.19 bits per heavy atom. The molecule has 4 rings (SSSR count). The molecule has 1 aliphatic carbocycles. The summed E-state index contributed by atoms with van der Waals surface area (Å²) in [6.45, 7) is 0.210. The number of carbonyl (C=O) groups is 3. The Kier molecular flexibility index (Phi) is 6.16. The van der Waals surface area contributed by atoms with E-state index in [-0.39, 0.29) is 12.5 Å². The number of rotatable bonds is 7. The zero-order valence-corrected chi connectivity index (χ0v) is 17.5. The van der Waals surface area contributed by atoms with E-state index in [1.54, 1.807) is 0 Å². The maximum Gasteiger partial charge on any atom is 0.326 e. The quantitative estimate of drug-likeness (QED) is 0.535. The third kappa shape index (κ3) is 4.24. The van der Waals surface area contributed by atoms with Crippen molar-refractivity contribution in [2.24, 2.45) is 0 Å². The minimum Gasteiger partial charge on any atom is -0.354 e. The largest absolute Gasteiger partial charge is 0.354 e. The van der Waals surface area contributed by atoms with Crippen LogP contribution in [0, 0.1) is 0 Å². The predicted octanol–water partition coefficient (Wildman–Crippen LogP) is 3.49. The molecule has 1 aliphatic heterocycles. The summed E-state index contributed by atoms with van der Waals surface area (Å²) in [4.78, 5) is 39.9. The second kappa shape index (κ2) is 9.16. The number of urea groups is 1. The molecule has 2 aromatic carbocycles. The van der Waals surface area contributed by atoms with Crippen LogP contribution in [0.4, 0.5) is 4.79 Å². The average Bonchev–Trinajstić information content (AvgIpc) is 3.06. The average molecular weight is 418 g/mol. The van der Waals surface area contributed by atoms with Crippen molar-refractivity contribution in [1.29, 1.82) is 0 Å². The fraction of sp³-hybridized carbons (Fsp3) is 0.320. The van der Waals surface area contributed by atoms with Gasteiger partial charge in [0.15, 0.2) is 5.54 Å². The van der Waals surface area contributed by atoms with E-state index >= 15 is 0 Å². The van der Waals surface area contributed by atoms with Crippen LogP contribution >= 0.6 is 0 Å². The van der Waals surface area contributed by atoms with Crippen molar-refractivity contribution in [3.8, 4) is 0 Å². The van der Waals surface area contributed by atoms with E-state index in [0.717, 1.165) is 24.2 Å². The molecule has 4 amide bonds. The molecule has 160 valence electrons. The molecule has 6 heteroatoms. The van der Waals surface area contributed by atoms with Gasteiger partial charge in [-0.15, -0.1) is 0 Å². The lowest BCUT2D eigenvalue weighted by molar-refractivity contribution is -0.134. The van der Waals surface area contributed by atoms with Gasteiger partial charge in [-0.25, -0.2) is 4.79 Å². The number of nitrogens with zero attached hydrogens (tertiary/aromatic N) is 1. The van der Waals surface area contributed by atoms with Gasteiger partial charge < -0.3 is 10.6 Å². The second-order valence-electron chi connectivity index (χ2n) is 8.01. The van der Waals surface area contributed by atoms with Crippen molar-refractivity contribution >= 4 is 17.8 Å². The maximum atomic E-state index is 13.5. The minimum absolute atomic E-state index is 0.300. The number of allylic oxidation sites excluding steroid dienone is 1. The highest BCUT2D eigenvalue weighted by molar-refractivity contribution is 6.11. The van der Waals surface area contributed by atoms with Gasteiger partial charge in [-0.2, -0.15) is 0 Å². The zero-order valence-electron chi connectivity index (χ0n) is 17.5. The Bertz CT molecular complexity index is 946. The van der Waals surface area contributed by atoms with Crippen LogP contribution in [0.5, 0.6) is 0 Å². The Balaban J connectivity index is 1.50. The van der Waals surface area contributed by atoms with Crippen LogP contribution < -0.4 is 10.6 Å². The monoisotopic (exact) mass is 417 g/mol. The third-order valence-corrected chi connectivity index (χ3v) is 5.97. The first-order valence-electron chi connectivity index (χ1n) is 10.8. The van der Waals surface area contributed by atoms with Gasteiger partial charge in [0.1, 0.15) is 6.54 Å². The lowest BCUT2D eigenvalue weighted by atomic mass is 9.82. The molecule has 0 spiro atoms. The van der Waals surface area contributed by atoms with Crippen molar-refractivity contribution in [3.05, 3.63) is 83.4 Å². The molecule has 0 atom stereocenters. The highest BCUT2D eigenvalue weighted by atomic mass is 16.2. The zero-order chi connectivity index (χ0) is 21.7. The summed E-state index contributed by atoms with van der Waals surface area (Å²) in [6, 6.07) is 17.7. The summed E-state index contributed by atoms with van der Waals surface area (Å²) in [5.41, 5.74) is 1.35. The van der Waals surface area contributed by atoms with Gasteiger partial charge in [0.25, 0.3) is 5.91 Å². The number of imide groups is 1. The Morgan fingerprint density at radius 1 is 0.968 bits per heavy atom. The summed E-state index contributed by atoms with van der Waals surface area (Å²) < 4.78 is 0. The highest BCUT2D eigenvalue weighted by Gasteiger charge is 2.53. The first-order chi connectivity index (χ1) is 15.1. The van der Waals surface area contributed by atoms with Gasteiger partial charge in [0.05, 0.1) is 0 Å². The standard InChI is InChI=1S/C25H27N3O3/c29-22(26-17-16-19-10-4-1-5-11-19)18-28-23(30)25(27-24(28)31,20-12-6-2-7-13-20)21-14-8-3-9-15-21/h2-3,6-10,12-15H,1,4-5,11,16-18H2,(H,26,29)(H,27,31). The normalized spacial score (nSPS) is 17.8. The van der Waals surface area contributed by atoms with Gasteiger partial charge >= 0.3 is 6.03 Å². The van der Waals surface area contributed by atoms with E-state index < -0.39 is 17.5 Å². The topological polar surface area (TPSA) is 78.5 Å². The smallest absolute Gasteiger partial charge is 0.326 e. The molecular formula is C25H27N3O3. The Morgan fingerprint density at radius 2 is 1.61 bits per heavy atom. The van der Waals surface area contributed by atoms with Gasteiger partial charge in [-0.1, -0.05) is 72.3 Å². The Hall–Kier alpha value is -3.41. The number of carbonyl (C=O) groups excluding carboxylic acids is 3. The Labute approximate surface area is 182 Å². The molecule has 0 aromatic heterocycles. The van der Waals surface area contributed by atoms with Crippen LogP contribution in [0.3, 0.4) is 0 Å². The minimum atomic E-state index is -1.34. The summed E-state index contributed by atoms with van der Waals surface area (Å²) in [6.07, 6.45) is 7.67. The van der Waals surface area contributed by atoms with Gasteiger partial charge in [-0.3, -0.25) is 14.5 Å². The molecule has 6 nitrogen and oxygen atoms in total. The molecule has 1 fully saturated rings. The number of hydrogen-bond acceptors (Lipinski definition) is 3. The molecule has 0 unspecified atom stereocenters. The van der Waals surface area contributed by atoms with E-state index in [4.69, 9.17) is 0 Å².